The van der Waals surface area contributed by atoms with E-state index in [4.69, 9.17) is 10.1 Å². The Morgan fingerprint density at radius 1 is 1.57 bits per heavy atom. The second-order valence-corrected chi connectivity index (χ2v) is 3.17. The van der Waals surface area contributed by atoms with Crippen molar-refractivity contribution in [1.82, 2.24) is 0 Å². The Balaban J connectivity index is 2.42. The summed E-state index contributed by atoms with van der Waals surface area (Å²) in [6, 6.07) is 5.31. The smallest absolute Gasteiger partial charge is 0.262 e. The van der Waals surface area contributed by atoms with Crippen LogP contribution < -0.4 is 10.1 Å². The van der Waals surface area contributed by atoms with Crippen molar-refractivity contribution < 1.29 is 9.53 Å². The predicted octanol–water partition coefficient (Wildman–Crippen LogP) is 1.41. The van der Waals surface area contributed by atoms with Gasteiger partial charge >= 0.3 is 0 Å². The van der Waals surface area contributed by atoms with Crippen LogP contribution in [-0.4, -0.2) is 18.2 Å². The van der Waals surface area contributed by atoms with E-state index in [1.807, 2.05) is 0 Å². The van der Waals surface area contributed by atoms with Crippen LogP contribution in [0.2, 0.25) is 0 Å². The fourth-order valence-electron chi connectivity index (χ4n) is 1.32. The number of carbonyl (C=O) groups is 1. The van der Waals surface area contributed by atoms with Crippen LogP contribution in [0.15, 0.2) is 18.2 Å². The van der Waals surface area contributed by atoms with E-state index in [9.17, 15) is 4.79 Å². The average Bonchev–Trinajstić information content (AvgIpc) is 2.16. The molecule has 0 saturated carbocycles. The van der Waals surface area contributed by atoms with E-state index < -0.39 is 0 Å². The zero-order chi connectivity index (χ0) is 10.1. The number of carbonyl (C=O) groups excluding carboxylic acids is 1. The number of fused-ring (bicyclic) bond motifs is 1. The van der Waals surface area contributed by atoms with Crippen molar-refractivity contribution in [3.8, 4) is 5.75 Å². The number of rotatable bonds is 1. The van der Waals surface area contributed by atoms with Gasteiger partial charge in [-0.2, -0.15) is 0 Å². The number of amides is 1. The molecule has 1 aromatic carbocycles. The third kappa shape index (κ3) is 1.46. The minimum Gasteiger partial charge on any atom is -0.482 e. The van der Waals surface area contributed by atoms with E-state index in [0.717, 1.165) is 5.56 Å². The molecule has 4 nitrogen and oxygen atoms in total. The molecule has 1 aliphatic heterocycles. The van der Waals surface area contributed by atoms with Crippen molar-refractivity contribution in [2.45, 2.75) is 6.92 Å². The molecular weight excluding hydrogens is 180 g/mol. The summed E-state index contributed by atoms with van der Waals surface area (Å²) in [5.74, 6) is 0.506. The standard InChI is InChI=1S/C10H10N2O2/c1-6(11)7-2-3-9-8(4-7)12-10(13)5-14-9/h2-4,11H,5H2,1H3,(H,12,13). The highest BCUT2D eigenvalue weighted by molar-refractivity contribution is 6.00. The first-order valence-electron chi connectivity index (χ1n) is 4.29. The van der Waals surface area contributed by atoms with Gasteiger partial charge < -0.3 is 15.5 Å². The molecule has 1 aromatic rings. The lowest BCUT2D eigenvalue weighted by atomic mass is 10.1. The molecule has 0 fully saturated rings. The molecule has 0 bridgehead atoms. The van der Waals surface area contributed by atoms with Gasteiger partial charge in [0.05, 0.1) is 5.69 Å². The Morgan fingerprint density at radius 2 is 2.36 bits per heavy atom. The quantitative estimate of drug-likeness (QED) is 0.657. The van der Waals surface area contributed by atoms with Crippen LogP contribution in [0.3, 0.4) is 0 Å². The number of benzene rings is 1. The molecule has 0 aliphatic carbocycles. The van der Waals surface area contributed by atoms with Gasteiger partial charge in [-0.1, -0.05) is 0 Å². The lowest BCUT2D eigenvalue weighted by Crippen LogP contribution is -2.25. The third-order valence-corrected chi connectivity index (χ3v) is 2.05. The lowest BCUT2D eigenvalue weighted by molar-refractivity contribution is -0.118. The van der Waals surface area contributed by atoms with Crippen molar-refractivity contribution in [1.29, 1.82) is 5.41 Å². The summed E-state index contributed by atoms with van der Waals surface area (Å²) in [6.07, 6.45) is 0. The van der Waals surface area contributed by atoms with Gasteiger partial charge in [-0.05, 0) is 30.7 Å². The summed E-state index contributed by atoms with van der Waals surface area (Å²) >= 11 is 0. The lowest BCUT2D eigenvalue weighted by Gasteiger charge is -2.18. The summed E-state index contributed by atoms with van der Waals surface area (Å²) in [6.45, 7) is 1.77. The van der Waals surface area contributed by atoms with Gasteiger partial charge in [0.2, 0.25) is 0 Å². The van der Waals surface area contributed by atoms with E-state index in [1.165, 1.54) is 0 Å². The first-order valence-corrected chi connectivity index (χ1v) is 4.29. The number of anilines is 1. The second kappa shape index (κ2) is 3.14. The van der Waals surface area contributed by atoms with E-state index in [0.29, 0.717) is 17.1 Å². The molecule has 0 atom stereocenters. The Bertz CT molecular complexity index is 413. The largest absolute Gasteiger partial charge is 0.482 e. The van der Waals surface area contributed by atoms with Crippen LogP contribution >= 0.6 is 0 Å². The van der Waals surface area contributed by atoms with Crippen molar-refractivity contribution in [2.75, 3.05) is 11.9 Å². The molecule has 0 unspecified atom stereocenters. The van der Waals surface area contributed by atoms with Crippen LogP contribution in [0.4, 0.5) is 5.69 Å². The molecule has 1 amide bonds. The van der Waals surface area contributed by atoms with Crippen molar-refractivity contribution in [3.63, 3.8) is 0 Å². The molecule has 72 valence electrons. The Morgan fingerprint density at radius 3 is 3.07 bits per heavy atom. The van der Waals surface area contributed by atoms with Gasteiger partial charge in [-0.25, -0.2) is 0 Å². The second-order valence-electron chi connectivity index (χ2n) is 3.17. The van der Waals surface area contributed by atoms with Gasteiger partial charge in [0.15, 0.2) is 6.61 Å². The number of hydrogen-bond donors (Lipinski definition) is 2. The number of ether oxygens (including phenoxy) is 1. The minimum absolute atomic E-state index is 0.0654. The summed E-state index contributed by atoms with van der Waals surface area (Å²) in [5, 5.41) is 10.1. The molecule has 2 N–H and O–H groups in total. The Hall–Kier alpha value is -1.84. The maximum Gasteiger partial charge on any atom is 0.262 e. The average molecular weight is 190 g/mol. The fraction of sp³-hybridized carbons (Fsp3) is 0.200. The van der Waals surface area contributed by atoms with Gasteiger partial charge in [0, 0.05) is 5.71 Å². The molecule has 0 radical (unpaired) electrons. The van der Waals surface area contributed by atoms with Crippen LogP contribution in [0.5, 0.6) is 5.75 Å². The highest BCUT2D eigenvalue weighted by atomic mass is 16.5. The van der Waals surface area contributed by atoms with Crippen molar-refractivity contribution >= 4 is 17.3 Å². The van der Waals surface area contributed by atoms with Gasteiger partial charge in [0.1, 0.15) is 5.75 Å². The molecule has 0 saturated heterocycles. The van der Waals surface area contributed by atoms with Gasteiger partial charge in [-0.3, -0.25) is 4.79 Å². The molecule has 1 aliphatic rings. The highest BCUT2D eigenvalue weighted by Crippen LogP contribution is 2.28. The topological polar surface area (TPSA) is 62.2 Å². The van der Waals surface area contributed by atoms with Crippen LogP contribution in [0.1, 0.15) is 12.5 Å². The molecule has 2 rings (SSSR count). The summed E-state index contributed by atoms with van der Waals surface area (Å²) in [5.41, 5.74) is 1.90. The summed E-state index contributed by atoms with van der Waals surface area (Å²) in [4.78, 5) is 11.0. The molecule has 0 spiro atoms. The molecule has 14 heavy (non-hydrogen) atoms. The number of hydrogen-bond acceptors (Lipinski definition) is 3. The summed E-state index contributed by atoms with van der Waals surface area (Å²) < 4.78 is 5.19. The molecular formula is C10H10N2O2. The van der Waals surface area contributed by atoms with E-state index >= 15 is 0 Å². The first kappa shape index (κ1) is 8.74. The van der Waals surface area contributed by atoms with E-state index in [2.05, 4.69) is 5.32 Å². The SMILES string of the molecule is CC(=N)c1ccc2c(c1)NC(=O)CO2. The third-order valence-electron chi connectivity index (χ3n) is 2.05. The zero-order valence-corrected chi connectivity index (χ0v) is 7.76. The highest BCUT2D eigenvalue weighted by Gasteiger charge is 2.15. The van der Waals surface area contributed by atoms with Gasteiger partial charge in [0.25, 0.3) is 5.91 Å². The predicted molar refractivity (Wildman–Crippen MR) is 53.1 cm³/mol. The monoisotopic (exact) mass is 190 g/mol. The Kier molecular flexibility index (Phi) is 1.96. The van der Waals surface area contributed by atoms with Crippen LogP contribution in [0, 0.1) is 5.41 Å². The van der Waals surface area contributed by atoms with Crippen molar-refractivity contribution in [2.24, 2.45) is 0 Å². The fourth-order valence-corrected chi connectivity index (χ4v) is 1.32. The molecule has 0 aromatic heterocycles. The maximum atomic E-state index is 11.0. The minimum atomic E-state index is -0.155. The maximum absolute atomic E-state index is 11.0. The van der Waals surface area contributed by atoms with E-state index in [1.54, 1.807) is 25.1 Å². The van der Waals surface area contributed by atoms with Gasteiger partial charge in [-0.15, -0.1) is 0 Å². The first-order chi connectivity index (χ1) is 6.66. The van der Waals surface area contributed by atoms with Crippen molar-refractivity contribution in [3.05, 3.63) is 23.8 Å². The van der Waals surface area contributed by atoms with Crippen LogP contribution in [-0.2, 0) is 4.79 Å². The normalized spacial score (nSPS) is 13.9. The number of nitrogens with one attached hydrogen (secondary N) is 2. The Labute approximate surface area is 81.4 Å². The summed E-state index contributed by atoms with van der Waals surface area (Å²) in [7, 11) is 0. The molecule has 1 heterocycles. The molecule has 4 heteroatoms. The zero-order valence-electron chi connectivity index (χ0n) is 7.76. The van der Waals surface area contributed by atoms with Crippen LogP contribution in [0.25, 0.3) is 0 Å². The van der Waals surface area contributed by atoms with E-state index in [-0.39, 0.29) is 12.5 Å².